The molecule has 2 saturated heterocycles. The summed E-state index contributed by atoms with van der Waals surface area (Å²) < 4.78 is 15.1. The normalized spacial score (nSPS) is 28.2. The molecular weight excluding hydrogens is 325 g/mol. The fourth-order valence-electron chi connectivity index (χ4n) is 5.23. The summed E-state index contributed by atoms with van der Waals surface area (Å²) in [6.07, 6.45) is 9.82. The largest absolute Gasteiger partial charge is 0.306 e. The Bertz CT molecular complexity index is 421. The molecule has 1 atom stereocenters. The molecule has 0 N–H and O–H groups in total. The molecule has 1 unspecified atom stereocenters. The van der Waals surface area contributed by atoms with Gasteiger partial charge < -0.3 is 9.80 Å². The maximum Gasteiger partial charge on any atom is 0.126 e. The van der Waals surface area contributed by atoms with Crippen molar-refractivity contribution in [3.8, 4) is 0 Å². The van der Waals surface area contributed by atoms with E-state index >= 15 is 4.39 Å². The van der Waals surface area contributed by atoms with E-state index in [1.165, 1.54) is 45.1 Å². The Kier molecular flexibility index (Phi) is 7.01. The van der Waals surface area contributed by atoms with E-state index in [0.29, 0.717) is 24.8 Å². The lowest BCUT2D eigenvalue weighted by Crippen LogP contribution is -2.53. The maximum absolute atomic E-state index is 15.1. The van der Waals surface area contributed by atoms with E-state index in [1.54, 1.807) is 0 Å². The zero-order valence-electron chi connectivity index (χ0n) is 17.6. The minimum Gasteiger partial charge on any atom is -0.306 e. The summed E-state index contributed by atoms with van der Waals surface area (Å²) in [7, 11) is 2.11. The van der Waals surface area contributed by atoms with Crippen molar-refractivity contribution < 1.29 is 4.39 Å². The van der Waals surface area contributed by atoms with Gasteiger partial charge in [0, 0.05) is 52.4 Å². The number of hydrogen-bond donors (Lipinski definition) is 0. The van der Waals surface area contributed by atoms with E-state index in [0.717, 1.165) is 45.2 Å². The third-order valence-electron chi connectivity index (χ3n) is 7.37. The highest BCUT2D eigenvalue weighted by Gasteiger charge is 2.45. The number of nitrogens with zero attached hydrogens (tertiary/aromatic N) is 3. The zero-order chi connectivity index (χ0) is 18.6. The van der Waals surface area contributed by atoms with Crippen molar-refractivity contribution in [1.82, 2.24) is 14.7 Å². The van der Waals surface area contributed by atoms with Gasteiger partial charge in [-0.1, -0.05) is 33.1 Å². The van der Waals surface area contributed by atoms with Gasteiger partial charge in [0.05, 0.1) is 0 Å². The molecular formula is C22H42FN3. The Morgan fingerprint density at radius 2 is 1.42 bits per heavy atom. The molecule has 0 aromatic heterocycles. The van der Waals surface area contributed by atoms with Crippen LogP contribution < -0.4 is 0 Å². The van der Waals surface area contributed by atoms with Crippen molar-refractivity contribution in [2.75, 3.05) is 59.4 Å². The molecule has 3 rings (SSSR count). The smallest absolute Gasteiger partial charge is 0.126 e. The first kappa shape index (κ1) is 20.5. The lowest BCUT2D eigenvalue weighted by atomic mass is 9.86. The van der Waals surface area contributed by atoms with E-state index in [2.05, 4.69) is 35.6 Å². The maximum atomic E-state index is 15.1. The number of halogens is 1. The molecule has 26 heavy (non-hydrogen) atoms. The van der Waals surface area contributed by atoms with Crippen molar-refractivity contribution in [3.05, 3.63) is 0 Å². The Morgan fingerprint density at radius 1 is 0.846 bits per heavy atom. The molecule has 1 aliphatic carbocycles. The summed E-state index contributed by atoms with van der Waals surface area (Å²) in [6, 6.07) is 0. The van der Waals surface area contributed by atoms with Crippen molar-refractivity contribution in [1.29, 1.82) is 0 Å². The molecule has 3 aliphatic rings. The number of hydrogen-bond acceptors (Lipinski definition) is 3. The van der Waals surface area contributed by atoms with Crippen molar-refractivity contribution >= 4 is 0 Å². The first-order valence-electron chi connectivity index (χ1n) is 11.3. The Balaban J connectivity index is 1.40. The first-order valence-corrected chi connectivity index (χ1v) is 11.3. The molecule has 0 spiro atoms. The summed E-state index contributed by atoms with van der Waals surface area (Å²) in [6.45, 7) is 12.9. The second kappa shape index (κ2) is 8.87. The zero-order valence-corrected chi connectivity index (χ0v) is 17.6. The van der Waals surface area contributed by atoms with E-state index in [1.807, 2.05) is 0 Å². The van der Waals surface area contributed by atoms with Crippen LogP contribution in [-0.4, -0.2) is 79.8 Å². The molecule has 0 amide bonds. The van der Waals surface area contributed by atoms with Gasteiger partial charge in [-0.15, -0.1) is 0 Å². The van der Waals surface area contributed by atoms with Crippen LogP contribution >= 0.6 is 0 Å². The first-order chi connectivity index (χ1) is 12.5. The van der Waals surface area contributed by atoms with Crippen molar-refractivity contribution in [2.45, 2.75) is 70.9 Å². The molecule has 0 aromatic carbocycles. The van der Waals surface area contributed by atoms with Crippen molar-refractivity contribution in [3.63, 3.8) is 0 Å². The van der Waals surface area contributed by atoms with Gasteiger partial charge in [-0.25, -0.2) is 4.39 Å². The van der Waals surface area contributed by atoms with E-state index in [-0.39, 0.29) is 0 Å². The molecule has 0 aromatic rings. The SMILES string of the molecule is CCCC(CC)CC1(CN2CCN(CC3(F)CCN(C)CC3)CC2)CC1. The summed E-state index contributed by atoms with van der Waals surface area (Å²) >= 11 is 0. The topological polar surface area (TPSA) is 9.72 Å². The highest BCUT2D eigenvalue weighted by Crippen LogP contribution is 2.52. The minimum absolute atomic E-state index is 0.632. The van der Waals surface area contributed by atoms with Gasteiger partial charge in [0.15, 0.2) is 0 Å². The predicted molar refractivity (Wildman–Crippen MR) is 108 cm³/mol. The molecule has 0 radical (unpaired) electrons. The van der Waals surface area contributed by atoms with E-state index < -0.39 is 5.67 Å². The lowest BCUT2D eigenvalue weighted by molar-refractivity contribution is 0.0120. The van der Waals surface area contributed by atoms with Crippen LogP contribution in [-0.2, 0) is 0 Å². The standard InChI is InChI=1S/C22H42FN3/c1-4-6-20(5-2)17-21(7-8-21)18-25-13-15-26(16-14-25)19-22(23)9-11-24(3)12-10-22/h20H,4-19H2,1-3H3. The number of piperidine rings is 1. The van der Waals surface area contributed by atoms with E-state index in [9.17, 15) is 0 Å². The molecule has 3 nitrogen and oxygen atoms in total. The van der Waals surface area contributed by atoms with Crippen LogP contribution in [0.2, 0.25) is 0 Å². The van der Waals surface area contributed by atoms with Crippen LogP contribution in [0.1, 0.15) is 65.2 Å². The summed E-state index contributed by atoms with van der Waals surface area (Å²) in [5.74, 6) is 0.930. The Labute approximate surface area is 161 Å². The van der Waals surface area contributed by atoms with Crippen LogP contribution in [0.3, 0.4) is 0 Å². The van der Waals surface area contributed by atoms with Crippen LogP contribution in [0.25, 0.3) is 0 Å². The molecule has 2 aliphatic heterocycles. The van der Waals surface area contributed by atoms with E-state index in [4.69, 9.17) is 0 Å². The van der Waals surface area contributed by atoms with Gasteiger partial charge in [-0.3, -0.25) is 4.90 Å². The molecule has 4 heteroatoms. The fourth-order valence-corrected chi connectivity index (χ4v) is 5.23. The van der Waals surface area contributed by atoms with Gasteiger partial charge in [-0.05, 0) is 50.5 Å². The Hall–Kier alpha value is -0.190. The molecule has 1 saturated carbocycles. The highest BCUT2D eigenvalue weighted by molar-refractivity contribution is 4.98. The van der Waals surface area contributed by atoms with Crippen LogP contribution in [0.15, 0.2) is 0 Å². The van der Waals surface area contributed by atoms with Crippen LogP contribution in [0.5, 0.6) is 0 Å². The quantitative estimate of drug-likeness (QED) is 0.609. The van der Waals surface area contributed by atoms with Crippen LogP contribution in [0.4, 0.5) is 4.39 Å². The molecule has 2 heterocycles. The summed E-state index contributed by atoms with van der Waals surface area (Å²) in [5.41, 5.74) is -0.311. The predicted octanol–water partition coefficient (Wildman–Crippen LogP) is 4.03. The van der Waals surface area contributed by atoms with Crippen molar-refractivity contribution in [2.24, 2.45) is 11.3 Å². The fraction of sp³-hybridized carbons (Fsp3) is 1.00. The van der Waals surface area contributed by atoms with Gasteiger partial charge in [0.25, 0.3) is 0 Å². The minimum atomic E-state index is -0.944. The summed E-state index contributed by atoms with van der Waals surface area (Å²) in [5, 5.41) is 0. The Morgan fingerprint density at radius 3 is 1.92 bits per heavy atom. The van der Waals surface area contributed by atoms with Crippen LogP contribution in [0, 0.1) is 11.3 Å². The summed E-state index contributed by atoms with van der Waals surface area (Å²) in [4.78, 5) is 7.34. The number of rotatable bonds is 9. The third-order valence-corrected chi connectivity index (χ3v) is 7.37. The number of piperazine rings is 1. The number of alkyl halides is 1. The third kappa shape index (κ3) is 5.65. The van der Waals surface area contributed by atoms with Gasteiger partial charge in [-0.2, -0.15) is 0 Å². The molecule has 152 valence electrons. The highest BCUT2D eigenvalue weighted by atomic mass is 19.1. The monoisotopic (exact) mass is 367 g/mol. The molecule has 3 fully saturated rings. The average Bonchev–Trinajstić information content (AvgIpc) is 3.38. The van der Waals surface area contributed by atoms with Gasteiger partial charge in [0.1, 0.15) is 5.67 Å². The lowest BCUT2D eigenvalue weighted by Gasteiger charge is -2.42. The second-order valence-electron chi connectivity index (χ2n) is 9.77. The number of likely N-dealkylation sites (tertiary alicyclic amines) is 1. The average molecular weight is 368 g/mol. The van der Waals surface area contributed by atoms with Gasteiger partial charge >= 0.3 is 0 Å². The van der Waals surface area contributed by atoms with Gasteiger partial charge in [0.2, 0.25) is 0 Å². The molecule has 0 bridgehead atoms. The second-order valence-corrected chi connectivity index (χ2v) is 9.77.